The monoisotopic (exact) mass is 204 g/mol. The van der Waals surface area contributed by atoms with Crippen LogP contribution in [0.1, 0.15) is 12.5 Å². The molecule has 1 rings (SSSR count). The van der Waals surface area contributed by atoms with Crippen LogP contribution in [-0.4, -0.2) is 6.04 Å². The van der Waals surface area contributed by atoms with E-state index in [1.54, 1.807) is 18.2 Å². The zero-order valence-corrected chi connectivity index (χ0v) is 8.47. The number of halogens is 1. The Morgan fingerprint density at radius 3 is 2.79 bits per heavy atom. The van der Waals surface area contributed by atoms with E-state index < -0.39 is 0 Å². The fourth-order valence-electron chi connectivity index (χ4n) is 0.977. The lowest BCUT2D eigenvalue weighted by Crippen LogP contribution is -2.12. The summed E-state index contributed by atoms with van der Waals surface area (Å²) in [4.78, 5) is 0. The summed E-state index contributed by atoms with van der Waals surface area (Å²) in [5.41, 5.74) is 1.28. The van der Waals surface area contributed by atoms with Crippen LogP contribution in [0.2, 0.25) is 5.02 Å². The number of nitriles is 1. The summed E-state index contributed by atoms with van der Waals surface area (Å²) < 4.78 is 0. The van der Waals surface area contributed by atoms with Gasteiger partial charge in [-0.3, -0.25) is 0 Å². The lowest BCUT2D eigenvalue weighted by atomic mass is 10.2. The van der Waals surface area contributed by atoms with Crippen molar-refractivity contribution in [2.45, 2.75) is 13.0 Å². The van der Waals surface area contributed by atoms with E-state index in [0.29, 0.717) is 10.6 Å². The van der Waals surface area contributed by atoms with Crippen LogP contribution in [0.4, 0.5) is 5.69 Å². The highest BCUT2D eigenvalue weighted by atomic mass is 35.5. The number of hydrogen-bond donors (Lipinski definition) is 1. The Balaban J connectivity index is 2.92. The van der Waals surface area contributed by atoms with Gasteiger partial charge in [0.25, 0.3) is 0 Å². The molecular weight excluding hydrogens is 196 g/mol. The van der Waals surface area contributed by atoms with E-state index >= 15 is 0 Å². The zero-order valence-electron chi connectivity index (χ0n) is 7.71. The van der Waals surface area contributed by atoms with Crippen molar-refractivity contribution in [2.75, 3.05) is 5.32 Å². The summed E-state index contributed by atoms with van der Waals surface area (Å²) in [7, 11) is 0. The van der Waals surface area contributed by atoms with E-state index in [1.165, 1.54) is 0 Å². The van der Waals surface area contributed by atoms with E-state index in [4.69, 9.17) is 23.3 Å². The van der Waals surface area contributed by atoms with E-state index in [9.17, 15) is 0 Å². The average molecular weight is 205 g/mol. The number of benzene rings is 1. The highest BCUT2D eigenvalue weighted by molar-refractivity contribution is 6.33. The third kappa shape index (κ3) is 2.42. The number of anilines is 1. The van der Waals surface area contributed by atoms with Crippen molar-refractivity contribution in [1.29, 1.82) is 5.26 Å². The standard InChI is InChI=1S/C11H9ClN2/c1-3-8(2)14-11-5-4-9(7-13)6-10(11)12/h1,4-6,8,14H,2H3. The van der Waals surface area contributed by atoms with Gasteiger partial charge in [-0.05, 0) is 25.1 Å². The molecule has 70 valence electrons. The van der Waals surface area contributed by atoms with Crippen LogP contribution in [0, 0.1) is 23.7 Å². The lowest BCUT2D eigenvalue weighted by Gasteiger charge is -2.10. The predicted octanol–water partition coefficient (Wildman–Crippen LogP) is 2.65. The Bertz CT molecular complexity index is 412. The van der Waals surface area contributed by atoms with Crippen molar-refractivity contribution in [3.63, 3.8) is 0 Å². The molecule has 0 spiro atoms. The second-order valence-electron chi connectivity index (χ2n) is 2.84. The van der Waals surface area contributed by atoms with E-state index in [-0.39, 0.29) is 6.04 Å². The minimum Gasteiger partial charge on any atom is -0.371 e. The molecular formula is C11H9ClN2. The van der Waals surface area contributed by atoms with Crippen molar-refractivity contribution in [3.05, 3.63) is 28.8 Å². The van der Waals surface area contributed by atoms with Gasteiger partial charge in [0.05, 0.1) is 28.4 Å². The van der Waals surface area contributed by atoms with Crippen LogP contribution in [0.15, 0.2) is 18.2 Å². The van der Waals surface area contributed by atoms with Gasteiger partial charge in [0.1, 0.15) is 0 Å². The van der Waals surface area contributed by atoms with Gasteiger partial charge in [0.15, 0.2) is 0 Å². The summed E-state index contributed by atoms with van der Waals surface area (Å²) in [6.45, 7) is 1.86. The maximum Gasteiger partial charge on any atom is 0.0992 e. The smallest absolute Gasteiger partial charge is 0.0992 e. The topological polar surface area (TPSA) is 35.8 Å². The Morgan fingerprint density at radius 1 is 1.57 bits per heavy atom. The van der Waals surface area contributed by atoms with Crippen molar-refractivity contribution < 1.29 is 0 Å². The van der Waals surface area contributed by atoms with Crippen molar-refractivity contribution in [1.82, 2.24) is 0 Å². The first kappa shape index (κ1) is 10.4. The molecule has 0 bridgehead atoms. The molecule has 0 fully saturated rings. The molecule has 2 nitrogen and oxygen atoms in total. The van der Waals surface area contributed by atoms with E-state index in [2.05, 4.69) is 11.2 Å². The zero-order chi connectivity index (χ0) is 10.6. The van der Waals surface area contributed by atoms with Crippen LogP contribution < -0.4 is 5.32 Å². The first-order valence-electron chi connectivity index (χ1n) is 4.09. The maximum atomic E-state index is 8.62. The fraction of sp³-hybridized carbons (Fsp3) is 0.182. The second kappa shape index (κ2) is 4.56. The molecule has 1 unspecified atom stereocenters. The highest BCUT2D eigenvalue weighted by Gasteiger charge is 2.03. The van der Waals surface area contributed by atoms with E-state index in [1.807, 2.05) is 13.0 Å². The Kier molecular flexibility index (Phi) is 3.40. The van der Waals surface area contributed by atoms with Crippen LogP contribution in [0.3, 0.4) is 0 Å². The van der Waals surface area contributed by atoms with Gasteiger partial charge in [-0.2, -0.15) is 5.26 Å². The third-order valence-electron chi connectivity index (χ3n) is 1.72. The predicted molar refractivity (Wildman–Crippen MR) is 58.1 cm³/mol. The Labute approximate surface area is 88.5 Å². The molecule has 0 saturated heterocycles. The molecule has 0 saturated carbocycles. The quantitative estimate of drug-likeness (QED) is 0.752. The largest absolute Gasteiger partial charge is 0.371 e. The molecule has 0 radical (unpaired) electrons. The lowest BCUT2D eigenvalue weighted by molar-refractivity contribution is 1.04. The van der Waals surface area contributed by atoms with Gasteiger partial charge in [0, 0.05) is 0 Å². The molecule has 1 atom stereocenters. The van der Waals surface area contributed by atoms with Gasteiger partial charge in [-0.1, -0.05) is 17.5 Å². The Hall–Kier alpha value is -1.64. The first-order valence-corrected chi connectivity index (χ1v) is 4.47. The molecule has 1 aromatic carbocycles. The van der Waals surface area contributed by atoms with Crippen LogP contribution >= 0.6 is 11.6 Å². The highest BCUT2D eigenvalue weighted by Crippen LogP contribution is 2.23. The number of nitrogens with zero attached hydrogens (tertiary/aromatic N) is 1. The number of rotatable bonds is 2. The van der Waals surface area contributed by atoms with Crippen LogP contribution in [-0.2, 0) is 0 Å². The summed E-state index contributed by atoms with van der Waals surface area (Å²) in [6, 6.07) is 6.97. The van der Waals surface area contributed by atoms with E-state index in [0.717, 1.165) is 5.69 Å². The van der Waals surface area contributed by atoms with Gasteiger partial charge in [0.2, 0.25) is 0 Å². The SMILES string of the molecule is C#CC(C)Nc1ccc(C#N)cc1Cl. The number of terminal acetylenes is 1. The summed E-state index contributed by atoms with van der Waals surface area (Å²) in [6.07, 6.45) is 5.22. The molecule has 0 aliphatic rings. The fourth-order valence-corrected chi connectivity index (χ4v) is 1.21. The van der Waals surface area contributed by atoms with Crippen molar-refractivity contribution in [3.8, 4) is 18.4 Å². The molecule has 1 N–H and O–H groups in total. The van der Waals surface area contributed by atoms with Crippen molar-refractivity contribution >= 4 is 17.3 Å². The molecule has 14 heavy (non-hydrogen) atoms. The molecule has 0 amide bonds. The molecule has 0 aliphatic heterocycles. The van der Waals surface area contributed by atoms with Gasteiger partial charge in [-0.15, -0.1) is 6.42 Å². The Morgan fingerprint density at radius 2 is 2.29 bits per heavy atom. The van der Waals surface area contributed by atoms with Gasteiger partial charge in [-0.25, -0.2) is 0 Å². The second-order valence-corrected chi connectivity index (χ2v) is 3.25. The van der Waals surface area contributed by atoms with Crippen LogP contribution in [0.5, 0.6) is 0 Å². The third-order valence-corrected chi connectivity index (χ3v) is 2.03. The molecule has 3 heteroatoms. The summed E-state index contributed by atoms with van der Waals surface area (Å²) >= 11 is 5.93. The number of nitrogens with one attached hydrogen (secondary N) is 1. The molecule has 0 heterocycles. The van der Waals surface area contributed by atoms with Crippen molar-refractivity contribution in [2.24, 2.45) is 0 Å². The molecule has 0 aliphatic carbocycles. The maximum absolute atomic E-state index is 8.62. The minimum atomic E-state index is -0.0829. The molecule has 0 aromatic heterocycles. The summed E-state index contributed by atoms with van der Waals surface area (Å²) in [5.74, 6) is 2.53. The summed E-state index contributed by atoms with van der Waals surface area (Å²) in [5, 5.41) is 12.2. The van der Waals surface area contributed by atoms with Crippen LogP contribution in [0.25, 0.3) is 0 Å². The van der Waals surface area contributed by atoms with Gasteiger partial charge < -0.3 is 5.32 Å². The normalized spacial score (nSPS) is 11.1. The van der Waals surface area contributed by atoms with Gasteiger partial charge >= 0.3 is 0 Å². The minimum absolute atomic E-state index is 0.0829. The molecule has 1 aromatic rings. The number of hydrogen-bond acceptors (Lipinski definition) is 2. The average Bonchev–Trinajstić information content (AvgIpc) is 2.20. The first-order chi connectivity index (χ1) is 6.67.